The second-order valence-electron chi connectivity index (χ2n) is 5.58. The summed E-state index contributed by atoms with van der Waals surface area (Å²) in [5.74, 6) is -1.33. The molecule has 1 N–H and O–H groups in total. The van der Waals surface area contributed by atoms with E-state index in [9.17, 15) is 13.2 Å². The number of rotatable bonds is 7. The molecule has 0 unspecified atom stereocenters. The molecule has 2 rings (SSSR count). The highest BCUT2D eigenvalue weighted by atomic mass is 35.5. The first-order chi connectivity index (χ1) is 11.2. The summed E-state index contributed by atoms with van der Waals surface area (Å²) in [6.45, 7) is 3.22. The summed E-state index contributed by atoms with van der Waals surface area (Å²) in [6, 6.07) is 4.07. The molecule has 0 saturated carbocycles. The van der Waals surface area contributed by atoms with Crippen LogP contribution < -0.4 is 5.32 Å². The molecule has 0 aliphatic carbocycles. The average Bonchev–Trinajstić information content (AvgIpc) is 2.95. The Balaban J connectivity index is 1.80. The second kappa shape index (κ2) is 8.01. The van der Waals surface area contributed by atoms with E-state index in [1.54, 1.807) is 6.92 Å². The average molecular weight is 396 g/mol. The summed E-state index contributed by atoms with van der Waals surface area (Å²) in [6.07, 6.45) is 0.360. The molecular formula is C15H19Cl2NO5S. The Hall–Kier alpha value is -0.860. The van der Waals surface area contributed by atoms with Crippen molar-refractivity contribution in [1.82, 2.24) is 5.32 Å². The van der Waals surface area contributed by atoms with E-state index in [-0.39, 0.29) is 33.0 Å². The minimum atomic E-state index is -3.60. The Kier molecular flexibility index (Phi) is 6.50. The summed E-state index contributed by atoms with van der Waals surface area (Å²) in [5.41, 5.74) is 0. The monoisotopic (exact) mass is 395 g/mol. The molecule has 0 radical (unpaired) electrons. The molecular weight excluding hydrogens is 377 g/mol. The molecule has 1 saturated heterocycles. The second-order valence-corrected chi connectivity index (χ2v) is 8.50. The van der Waals surface area contributed by atoms with Crippen LogP contribution in [0.4, 0.5) is 0 Å². The molecule has 9 heteroatoms. The van der Waals surface area contributed by atoms with Gasteiger partial charge >= 0.3 is 0 Å². The van der Waals surface area contributed by atoms with Crippen LogP contribution in [0.25, 0.3) is 0 Å². The van der Waals surface area contributed by atoms with Crippen molar-refractivity contribution < 1.29 is 22.7 Å². The Bertz CT molecular complexity index is 702. The topological polar surface area (TPSA) is 81.7 Å². The van der Waals surface area contributed by atoms with Gasteiger partial charge in [-0.1, -0.05) is 23.2 Å². The van der Waals surface area contributed by atoms with Gasteiger partial charge < -0.3 is 14.8 Å². The highest BCUT2D eigenvalue weighted by molar-refractivity contribution is 7.91. The maximum Gasteiger partial charge on any atom is 0.221 e. The Labute approximate surface area is 151 Å². The molecule has 1 amide bonds. The zero-order valence-corrected chi connectivity index (χ0v) is 15.5. The van der Waals surface area contributed by atoms with Crippen LogP contribution in [-0.2, 0) is 24.1 Å². The van der Waals surface area contributed by atoms with Crippen LogP contribution in [0.2, 0.25) is 10.0 Å². The minimum absolute atomic E-state index is 0.0463. The third-order valence-electron chi connectivity index (χ3n) is 3.65. The number of ether oxygens (including phenoxy) is 2. The molecule has 0 spiro atoms. The third-order valence-corrected chi connectivity index (χ3v) is 6.10. The van der Waals surface area contributed by atoms with Crippen LogP contribution in [0.1, 0.15) is 19.8 Å². The fraction of sp³-hybridized carbons (Fsp3) is 0.533. The van der Waals surface area contributed by atoms with E-state index in [0.29, 0.717) is 26.2 Å². The summed E-state index contributed by atoms with van der Waals surface area (Å²) in [5, 5.41) is 3.10. The SMILES string of the molecule is CC1(CCNC(=O)CCS(=O)(=O)c2ccc(Cl)c(Cl)c2)OCCO1. The van der Waals surface area contributed by atoms with Gasteiger partial charge in [-0.2, -0.15) is 0 Å². The highest BCUT2D eigenvalue weighted by Gasteiger charge is 2.30. The van der Waals surface area contributed by atoms with E-state index in [0.717, 1.165) is 0 Å². The Morgan fingerprint density at radius 2 is 1.92 bits per heavy atom. The predicted molar refractivity (Wildman–Crippen MR) is 91.1 cm³/mol. The number of nitrogens with one attached hydrogen (secondary N) is 1. The Morgan fingerprint density at radius 1 is 1.25 bits per heavy atom. The molecule has 0 bridgehead atoms. The molecule has 1 fully saturated rings. The van der Waals surface area contributed by atoms with Gasteiger partial charge in [0.1, 0.15) is 0 Å². The zero-order valence-electron chi connectivity index (χ0n) is 13.2. The van der Waals surface area contributed by atoms with Crippen molar-refractivity contribution >= 4 is 38.9 Å². The summed E-state index contributed by atoms with van der Waals surface area (Å²) < 4.78 is 35.3. The summed E-state index contributed by atoms with van der Waals surface area (Å²) >= 11 is 11.6. The fourth-order valence-electron chi connectivity index (χ4n) is 2.23. The standard InChI is InChI=1S/C15H19Cl2NO5S/c1-15(22-7-8-23-15)5-6-18-14(19)4-9-24(20,21)11-2-3-12(16)13(17)10-11/h2-3,10H,4-9H2,1H3,(H,18,19). The molecule has 1 aliphatic rings. The number of amides is 1. The molecule has 1 heterocycles. The number of sulfone groups is 1. The maximum atomic E-state index is 12.2. The van der Waals surface area contributed by atoms with Gasteiger partial charge in [0.15, 0.2) is 15.6 Å². The van der Waals surface area contributed by atoms with Crippen molar-refractivity contribution in [3.63, 3.8) is 0 Å². The van der Waals surface area contributed by atoms with Gasteiger partial charge in [-0.25, -0.2) is 8.42 Å². The highest BCUT2D eigenvalue weighted by Crippen LogP contribution is 2.25. The lowest BCUT2D eigenvalue weighted by Crippen LogP contribution is -2.34. The van der Waals surface area contributed by atoms with Gasteiger partial charge in [-0.3, -0.25) is 4.79 Å². The van der Waals surface area contributed by atoms with E-state index in [2.05, 4.69) is 5.32 Å². The number of carbonyl (C=O) groups is 1. The van der Waals surface area contributed by atoms with Crippen molar-refractivity contribution in [2.45, 2.75) is 30.4 Å². The molecule has 1 aromatic carbocycles. The number of carbonyl (C=O) groups excluding carboxylic acids is 1. The summed E-state index contributed by atoms with van der Waals surface area (Å²) in [7, 11) is -3.60. The van der Waals surface area contributed by atoms with E-state index >= 15 is 0 Å². The molecule has 0 aromatic heterocycles. The van der Waals surface area contributed by atoms with Gasteiger partial charge in [0.05, 0.1) is 33.9 Å². The first kappa shape index (κ1) is 19.5. The lowest BCUT2D eigenvalue weighted by molar-refractivity contribution is -0.146. The lowest BCUT2D eigenvalue weighted by Gasteiger charge is -2.22. The first-order valence-corrected chi connectivity index (χ1v) is 9.85. The van der Waals surface area contributed by atoms with Crippen molar-refractivity contribution in [2.24, 2.45) is 0 Å². The van der Waals surface area contributed by atoms with Gasteiger partial charge in [-0.15, -0.1) is 0 Å². The quantitative estimate of drug-likeness (QED) is 0.766. The largest absolute Gasteiger partial charge is 0.356 e. The number of hydrogen-bond donors (Lipinski definition) is 1. The first-order valence-electron chi connectivity index (χ1n) is 7.44. The zero-order chi connectivity index (χ0) is 17.8. The lowest BCUT2D eigenvalue weighted by atomic mass is 10.2. The molecule has 0 atom stereocenters. The van der Waals surface area contributed by atoms with Crippen LogP contribution >= 0.6 is 23.2 Å². The number of hydrogen-bond acceptors (Lipinski definition) is 5. The van der Waals surface area contributed by atoms with E-state index in [1.165, 1.54) is 18.2 Å². The number of halogens is 2. The molecule has 1 aromatic rings. The maximum absolute atomic E-state index is 12.2. The molecule has 134 valence electrons. The van der Waals surface area contributed by atoms with Gasteiger partial charge in [0.2, 0.25) is 5.91 Å². The fourth-order valence-corrected chi connectivity index (χ4v) is 3.86. The van der Waals surface area contributed by atoms with Crippen molar-refractivity contribution in [3.8, 4) is 0 Å². The normalized spacial score (nSPS) is 17.0. The van der Waals surface area contributed by atoms with Crippen molar-refractivity contribution in [3.05, 3.63) is 28.2 Å². The van der Waals surface area contributed by atoms with Crippen LogP contribution in [0.5, 0.6) is 0 Å². The predicted octanol–water partition coefficient (Wildman–Crippen LogP) is 2.43. The van der Waals surface area contributed by atoms with Gasteiger partial charge in [0, 0.05) is 19.4 Å². The van der Waals surface area contributed by atoms with E-state index < -0.39 is 15.6 Å². The van der Waals surface area contributed by atoms with Crippen LogP contribution in [0.3, 0.4) is 0 Å². The summed E-state index contributed by atoms with van der Waals surface area (Å²) in [4.78, 5) is 11.9. The van der Waals surface area contributed by atoms with Gasteiger partial charge in [-0.05, 0) is 25.1 Å². The molecule has 1 aliphatic heterocycles. The molecule has 24 heavy (non-hydrogen) atoms. The van der Waals surface area contributed by atoms with Crippen molar-refractivity contribution in [1.29, 1.82) is 0 Å². The van der Waals surface area contributed by atoms with Gasteiger partial charge in [0.25, 0.3) is 0 Å². The Morgan fingerprint density at radius 3 is 2.54 bits per heavy atom. The van der Waals surface area contributed by atoms with Crippen LogP contribution in [-0.4, -0.2) is 45.6 Å². The third kappa shape index (κ3) is 5.32. The van der Waals surface area contributed by atoms with Crippen molar-refractivity contribution in [2.75, 3.05) is 25.5 Å². The number of benzene rings is 1. The van der Waals surface area contributed by atoms with Crippen LogP contribution in [0.15, 0.2) is 23.1 Å². The molecule has 6 nitrogen and oxygen atoms in total. The van der Waals surface area contributed by atoms with E-state index in [4.69, 9.17) is 32.7 Å². The van der Waals surface area contributed by atoms with E-state index in [1.807, 2.05) is 0 Å². The smallest absolute Gasteiger partial charge is 0.221 e. The minimum Gasteiger partial charge on any atom is -0.356 e. The van der Waals surface area contributed by atoms with Crippen LogP contribution in [0, 0.1) is 0 Å².